The predicted molar refractivity (Wildman–Crippen MR) is 69.8 cm³/mol. The number of hydrogen-bond donors (Lipinski definition) is 1. The zero-order valence-corrected chi connectivity index (χ0v) is 11.8. The first-order valence-electron chi connectivity index (χ1n) is 6.32. The minimum atomic E-state index is -0.490. The van der Waals surface area contributed by atoms with Gasteiger partial charge in [-0.15, -0.1) is 0 Å². The summed E-state index contributed by atoms with van der Waals surface area (Å²) < 4.78 is 1.66. The van der Waals surface area contributed by atoms with E-state index in [-0.39, 0.29) is 23.9 Å². The molecule has 1 aliphatic rings. The predicted octanol–water partition coefficient (Wildman–Crippen LogP) is 0.593. The Labute approximate surface area is 112 Å². The maximum Gasteiger partial charge on any atom is 0.224 e. The molecule has 104 valence electrons. The molecule has 2 N–H and O–H groups in total. The maximum atomic E-state index is 12.2. The topological polar surface area (TPSA) is 81.2 Å². The van der Waals surface area contributed by atoms with Gasteiger partial charge in [-0.3, -0.25) is 14.3 Å². The van der Waals surface area contributed by atoms with Gasteiger partial charge in [0.1, 0.15) is 0 Å². The monoisotopic (exact) mass is 264 g/mol. The second-order valence-corrected chi connectivity index (χ2v) is 6.04. The van der Waals surface area contributed by atoms with Gasteiger partial charge in [-0.1, -0.05) is 0 Å². The number of carbonyl (C=O) groups excluding carboxylic acids is 2. The number of amides is 2. The molecule has 1 aromatic heterocycles. The first-order chi connectivity index (χ1) is 8.71. The van der Waals surface area contributed by atoms with E-state index in [0.29, 0.717) is 0 Å². The summed E-state index contributed by atoms with van der Waals surface area (Å²) in [7, 11) is 1.81. The molecule has 0 bridgehead atoms. The molecule has 0 radical (unpaired) electrons. The van der Waals surface area contributed by atoms with Crippen LogP contribution in [0.25, 0.3) is 0 Å². The number of nitrogens with zero attached hydrogens (tertiary/aromatic N) is 3. The lowest BCUT2D eigenvalue weighted by molar-refractivity contribution is -0.133. The van der Waals surface area contributed by atoms with E-state index in [1.807, 2.05) is 27.0 Å². The quantitative estimate of drug-likeness (QED) is 0.849. The van der Waals surface area contributed by atoms with Crippen molar-refractivity contribution in [2.24, 2.45) is 18.7 Å². The number of rotatable bonds is 2. The second-order valence-electron chi connectivity index (χ2n) is 6.04. The number of likely N-dealkylation sites (tertiary alicyclic amines) is 1. The molecule has 2 atom stereocenters. The Hall–Kier alpha value is -1.85. The van der Waals surface area contributed by atoms with Gasteiger partial charge in [0.25, 0.3) is 0 Å². The first-order valence-corrected chi connectivity index (χ1v) is 6.32. The summed E-state index contributed by atoms with van der Waals surface area (Å²) in [6.07, 6.45) is 3.70. The summed E-state index contributed by atoms with van der Waals surface area (Å²) >= 11 is 0. The molecule has 0 unspecified atom stereocenters. The molecular weight excluding hydrogens is 244 g/mol. The maximum absolute atomic E-state index is 12.2. The highest BCUT2D eigenvalue weighted by atomic mass is 16.2. The molecule has 6 heteroatoms. The SMILES string of the molecule is Cn1cc([C@H]2[C@H](C(N)=O)CC(=O)N2C(C)(C)C)cn1. The fraction of sp³-hybridized carbons (Fsp3) is 0.615. The van der Waals surface area contributed by atoms with Crippen molar-refractivity contribution in [3.05, 3.63) is 18.0 Å². The fourth-order valence-electron chi connectivity index (χ4n) is 2.75. The molecule has 19 heavy (non-hydrogen) atoms. The minimum absolute atomic E-state index is 0.0369. The van der Waals surface area contributed by atoms with Crippen LogP contribution in [0.3, 0.4) is 0 Å². The molecule has 0 saturated carbocycles. The molecule has 0 aliphatic carbocycles. The van der Waals surface area contributed by atoms with Crippen molar-refractivity contribution in [1.29, 1.82) is 0 Å². The third-order valence-electron chi connectivity index (χ3n) is 3.48. The number of primary amides is 1. The zero-order valence-electron chi connectivity index (χ0n) is 11.8. The molecule has 1 aromatic rings. The lowest BCUT2D eigenvalue weighted by atomic mass is 9.93. The van der Waals surface area contributed by atoms with Crippen molar-refractivity contribution in [1.82, 2.24) is 14.7 Å². The van der Waals surface area contributed by atoms with Crippen LogP contribution in [0.1, 0.15) is 38.8 Å². The lowest BCUT2D eigenvalue weighted by Crippen LogP contribution is -2.44. The molecule has 2 rings (SSSR count). The normalized spacial score (nSPS) is 24.0. The number of aromatic nitrogens is 2. The highest BCUT2D eigenvalue weighted by Crippen LogP contribution is 2.41. The van der Waals surface area contributed by atoms with E-state index in [4.69, 9.17) is 5.73 Å². The third kappa shape index (κ3) is 2.34. The Morgan fingerprint density at radius 2 is 2.11 bits per heavy atom. The van der Waals surface area contributed by atoms with Crippen molar-refractivity contribution in [3.63, 3.8) is 0 Å². The van der Waals surface area contributed by atoms with Crippen LogP contribution < -0.4 is 5.73 Å². The Balaban J connectivity index is 2.47. The number of hydrogen-bond acceptors (Lipinski definition) is 3. The molecule has 1 aliphatic heterocycles. The number of nitrogens with two attached hydrogens (primary N) is 1. The van der Waals surface area contributed by atoms with E-state index in [1.165, 1.54) is 0 Å². The van der Waals surface area contributed by atoms with Crippen LogP contribution in [0, 0.1) is 5.92 Å². The van der Waals surface area contributed by atoms with E-state index in [9.17, 15) is 9.59 Å². The van der Waals surface area contributed by atoms with Gasteiger partial charge in [-0.25, -0.2) is 0 Å². The summed E-state index contributed by atoms with van der Waals surface area (Å²) in [5, 5.41) is 4.12. The molecule has 2 heterocycles. The summed E-state index contributed by atoms with van der Waals surface area (Å²) in [5.41, 5.74) is 5.95. The highest BCUT2D eigenvalue weighted by molar-refractivity contribution is 5.90. The van der Waals surface area contributed by atoms with Crippen LogP contribution in [0.15, 0.2) is 12.4 Å². The second kappa shape index (κ2) is 4.36. The zero-order chi connectivity index (χ0) is 14.4. The van der Waals surface area contributed by atoms with Gasteiger partial charge in [0.15, 0.2) is 0 Å². The van der Waals surface area contributed by atoms with Crippen LogP contribution >= 0.6 is 0 Å². The van der Waals surface area contributed by atoms with Crippen molar-refractivity contribution in [3.8, 4) is 0 Å². The van der Waals surface area contributed by atoms with E-state index < -0.39 is 11.8 Å². The minimum Gasteiger partial charge on any atom is -0.369 e. The number of aryl methyl sites for hydroxylation is 1. The van der Waals surface area contributed by atoms with Crippen LogP contribution in [-0.2, 0) is 16.6 Å². The molecule has 0 aromatic carbocycles. The third-order valence-corrected chi connectivity index (χ3v) is 3.48. The van der Waals surface area contributed by atoms with Crippen LogP contribution in [0.4, 0.5) is 0 Å². The first kappa shape index (κ1) is 13.6. The molecule has 6 nitrogen and oxygen atoms in total. The van der Waals surface area contributed by atoms with E-state index in [2.05, 4.69) is 5.10 Å². The molecular formula is C13H20N4O2. The van der Waals surface area contributed by atoms with Crippen LogP contribution in [0.5, 0.6) is 0 Å². The molecule has 0 spiro atoms. The van der Waals surface area contributed by atoms with Crippen molar-refractivity contribution in [2.45, 2.75) is 38.8 Å². The van der Waals surface area contributed by atoms with E-state index in [0.717, 1.165) is 5.56 Å². The lowest BCUT2D eigenvalue weighted by Gasteiger charge is -2.37. The Kier molecular flexibility index (Phi) is 3.12. The van der Waals surface area contributed by atoms with Gasteiger partial charge in [-0.05, 0) is 20.8 Å². The van der Waals surface area contributed by atoms with E-state index in [1.54, 1.807) is 22.8 Å². The van der Waals surface area contributed by atoms with Gasteiger partial charge in [0.2, 0.25) is 11.8 Å². The Morgan fingerprint density at radius 1 is 1.47 bits per heavy atom. The average Bonchev–Trinajstić information content (AvgIpc) is 2.80. The Bertz CT molecular complexity index is 515. The summed E-state index contributed by atoms with van der Waals surface area (Å²) in [6, 6.07) is -0.321. The largest absolute Gasteiger partial charge is 0.369 e. The van der Waals surface area contributed by atoms with Crippen molar-refractivity contribution < 1.29 is 9.59 Å². The van der Waals surface area contributed by atoms with Crippen molar-refractivity contribution in [2.75, 3.05) is 0 Å². The summed E-state index contributed by atoms with van der Waals surface area (Å²) in [4.78, 5) is 25.6. The van der Waals surface area contributed by atoms with Crippen LogP contribution in [0.2, 0.25) is 0 Å². The van der Waals surface area contributed by atoms with Gasteiger partial charge in [0.05, 0.1) is 18.2 Å². The fourth-order valence-corrected chi connectivity index (χ4v) is 2.75. The van der Waals surface area contributed by atoms with Crippen LogP contribution in [-0.4, -0.2) is 32.0 Å². The van der Waals surface area contributed by atoms with E-state index >= 15 is 0 Å². The highest BCUT2D eigenvalue weighted by Gasteiger charge is 2.48. The smallest absolute Gasteiger partial charge is 0.224 e. The van der Waals surface area contributed by atoms with Gasteiger partial charge in [0, 0.05) is 30.8 Å². The van der Waals surface area contributed by atoms with Crippen molar-refractivity contribution >= 4 is 11.8 Å². The van der Waals surface area contributed by atoms with Gasteiger partial charge >= 0.3 is 0 Å². The summed E-state index contributed by atoms with van der Waals surface area (Å²) in [6.45, 7) is 5.87. The average molecular weight is 264 g/mol. The molecule has 1 saturated heterocycles. The summed E-state index contributed by atoms with van der Waals surface area (Å²) in [5.74, 6) is -0.963. The molecule has 1 fully saturated rings. The van der Waals surface area contributed by atoms with Gasteiger partial charge in [-0.2, -0.15) is 5.10 Å². The number of carbonyl (C=O) groups is 2. The standard InChI is InChI=1S/C13H20N4O2/c1-13(2,3)17-10(18)5-9(12(14)19)11(17)8-6-15-16(4)7-8/h6-7,9,11H,5H2,1-4H3,(H2,14,19)/t9-,11+/m1/s1. The van der Waals surface area contributed by atoms with Gasteiger partial charge < -0.3 is 10.6 Å². The molecule has 2 amide bonds. The Morgan fingerprint density at radius 3 is 2.53 bits per heavy atom.